The van der Waals surface area contributed by atoms with Crippen molar-refractivity contribution < 1.29 is 38.1 Å². The van der Waals surface area contributed by atoms with Gasteiger partial charge in [0.15, 0.2) is 12.2 Å². The minimum atomic E-state index is -1.34. The lowest BCUT2D eigenvalue weighted by molar-refractivity contribution is -0.308. The Bertz CT molecular complexity index is 1040. The second-order valence-corrected chi connectivity index (χ2v) is 7.76. The molecular weight excluding hydrogens is 410 g/mol. The Balaban J connectivity index is 1.88. The lowest BCUT2D eigenvalue weighted by Crippen LogP contribution is -2.64. The molecule has 4 unspecified atom stereocenters. The van der Waals surface area contributed by atoms with Crippen molar-refractivity contribution in [3.05, 3.63) is 34.7 Å². The Morgan fingerprint density at radius 2 is 1.90 bits per heavy atom. The fraction of sp³-hybridized carbons (Fsp3) is 0.476. The van der Waals surface area contributed by atoms with E-state index < -0.39 is 47.7 Å². The van der Waals surface area contributed by atoms with Gasteiger partial charge < -0.3 is 33.8 Å². The van der Waals surface area contributed by atoms with E-state index >= 15 is 0 Å². The van der Waals surface area contributed by atoms with Crippen LogP contribution in [0, 0.1) is 0 Å². The van der Waals surface area contributed by atoms with Gasteiger partial charge in [0.25, 0.3) is 0 Å². The van der Waals surface area contributed by atoms with Gasteiger partial charge in [0.1, 0.15) is 23.1 Å². The number of benzene rings is 1. The number of nitrogens with one attached hydrogen (secondary N) is 1. The summed E-state index contributed by atoms with van der Waals surface area (Å²) in [5.41, 5.74) is -1.42. The predicted molar refractivity (Wildman–Crippen MR) is 109 cm³/mol. The third-order valence-electron chi connectivity index (χ3n) is 4.85. The largest absolute Gasteiger partial charge is 0.462 e. The average Bonchev–Trinajstić information content (AvgIpc) is 2.65. The second-order valence-electron chi connectivity index (χ2n) is 7.76. The number of anilines is 1. The van der Waals surface area contributed by atoms with Crippen molar-refractivity contribution in [1.29, 1.82) is 0 Å². The van der Waals surface area contributed by atoms with Crippen LogP contribution >= 0.6 is 0 Å². The van der Waals surface area contributed by atoms with E-state index in [4.69, 9.17) is 23.4 Å². The average molecular weight is 435 g/mol. The van der Waals surface area contributed by atoms with Crippen molar-refractivity contribution in [3.8, 4) is 5.75 Å². The van der Waals surface area contributed by atoms with Crippen LogP contribution in [-0.2, 0) is 23.8 Å². The number of hydrogen-bond acceptors (Lipinski definition) is 9. The molecule has 1 aromatic heterocycles. The lowest BCUT2D eigenvalue weighted by atomic mass is 9.89. The maximum absolute atomic E-state index is 12.1. The summed E-state index contributed by atoms with van der Waals surface area (Å²) in [5.74, 6) is -0.723. The molecule has 2 aromatic rings. The normalized spacial score (nSPS) is 25.1. The van der Waals surface area contributed by atoms with Crippen LogP contribution in [0.2, 0.25) is 0 Å². The number of carbonyl (C=O) groups excluding carboxylic acids is 2. The van der Waals surface area contributed by atoms with Gasteiger partial charge in [-0.2, -0.15) is 0 Å². The molecule has 1 aliphatic heterocycles. The highest BCUT2D eigenvalue weighted by Crippen LogP contribution is 2.34. The van der Waals surface area contributed by atoms with Gasteiger partial charge in [0, 0.05) is 32.4 Å². The minimum Gasteiger partial charge on any atom is -0.462 e. The summed E-state index contributed by atoms with van der Waals surface area (Å²) in [4.78, 5) is 34.8. The summed E-state index contributed by atoms with van der Waals surface area (Å²) in [6, 6.07) is 6.16. The molecule has 31 heavy (non-hydrogen) atoms. The Morgan fingerprint density at radius 1 is 1.19 bits per heavy atom. The molecule has 1 fully saturated rings. The van der Waals surface area contributed by atoms with Crippen LogP contribution in [-0.4, -0.2) is 54.3 Å². The van der Waals surface area contributed by atoms with Gasteiger partial charge in [0.05, 0.1) is 5.60 Å². The first-order valence-corrected chi connectivity index (χ1v) is 9.60. The summed E-state index contributed by atoms with van der Waals surface area (Å²) in [5, 5.41) is 13.7. The van der Waals surface area contributed by atoms with Crippen LogP contribution < -0.4 is 15.7 Å². The number of aliphatic hydroxyl groups excluding tert-OH is 1. The number of esters is 1. The van der Waals surface area contributed by atoms with Gasteiger partial charge >= 0.3 is 11.6 Å². The molecule has 1 saturated heterocycles. The molecule has 0 saturated carbocycles. The maximum Gasteiger partial charge on any atom is 0.360 e. The number of aliphatic hydroxyl groups is 1. The van der Waals surface area contributed by atoms with Crippen LogP contribution in [0.3, 0.4) is 0 Å². The number of fused-ring (bicyclic) bond motifs is 1. The number of carbonyl (C=O) groups is 2. The van der Waals surface area contributed by atoms with Crippen LogP contribution in [0.15, 0.2) is 33.5 Å². The number of rotatable bonds is 5. The Labute approximate surface area is 178 Å². The van der Waals surface area contributed by atoms with Crippen molar-refractivity contribution in [3.63, 3.8) is 0 Å². The third-order valence-corrected chi connectivity index (χ3v) is 4.85. The van der Waals surface area contributed by atoms with E-state index in [-0.39, 0.29) is 17.0 Å². The summed E-state index contributed by atoms with van der Waals surface area (Å²) >= 11 is 0. The smallest absolute Gasteiger partial charge is 0.360 e. The number of amides is 1. The monoisotopic (exact) mass is 435 g/mol. The number of hydrogen-bond donors (Lipinski definition) is 2. The summed E-state index contributed by atoms with van der Waals surface area (Å²) in [6.45, 7) is 5.97. The zero-order valence-electron chi connectivity index (χ0n) is 17.8. The molecule has 4 atom stereocenters. The molecule has 2 N–H and O–H groups in total. The maximum atomic E-state index is 12.1. The van der Waals surface area contributed by atoms with Crippen LogP contribution in [0.5, 0.6) is 5.75 Å². The third kappa shape index (κ3) is 4.87. The molecule has 0 spiro atoms. The number of ether oxygens (including phenoxy) is 4. The first-order valence-electron chi connectivity index (χ1n) is 9.60. The molecule has 1 amide bonds. The van der Waals surface area contributed by atoms with E-state index in [9.17, 15) is 19.5 Å². The van der Waals surface area contributed by atoms with Gasteiger partial charge in [-0.25, -0.2) is 4.79 Å². The molecule has 0 aliphatic carbocycles. The van der Waals surface area contributed by atoms with E-state index in [0.717, 1.165) is 0 Å². The van der Waals surface area contributed by atoms with E-state index in [1.54, 1.807) is 26.0 Å². The molecule has 168 valence electrons. The van der Waals surface area contributed by atoms with Crippen LogP contribution in [0.4, 0.5) is 5.69 Å². The topological polar surface area (TPSA) is 134 Å². The van der Waals surface area contributed by atoms with Crippen molar-refractivity contribution >= 4 is 28.5 Å². The summed E-state index contributed by atoms with van der Waals surface area (Å²) in [6.07, 6.45) is -4.27. The quantitative estimate of drug-likeness (QED) is 0.530. The number of methoxy groups -OCH3 is 1. The fourth-order valence-corrected chi connectivity index (χ4v) is 3.58. The molecule has 0 bridgehead atoms. The lowest BCUT2D eigenvalue weighted by Gasteiger charge is -2.47. The van der Waals surface area contributed by atoms with E-state index in [2.05, 4.69) is 5.32 Å². The Hall–Kier alpha value is -2.95. The molecule has 1 aliphatic rings. The molecule has 3 rings (SSSR count). The van der Waals surface area contributed by atoms with E-state index in [0.29, 0.717) is 5.39 Å². The van der Waals surface area contributed by atoms with E-state index in [1.807, 2.05) is 0 Å². The molecule has 10 heteroatoms. The van der Waals surface area contributed by atoms with Gasteiger partial charge in [-0.15, -0.1) is 0 Å². The first kappa shape index (κ1) is 22.7. The zero-order chi connectivity index (χ0) is 22.9. The standard InChI is InChI=1S/C21H25NO9/c1-10(23)22-14-8-12-6-7-13(9-15(12)30-19(14)26)29-20-16(25)17(28-11(2)24)18(27-5)21(3,4)31-20/h6-9,16-18,20,25H,1-5H3,(H,22,23). The van der Waals surface area contributed by atoms with Gasteiger partial charge in [-0.1, -0.05) is 0 Å². The SMILES string of the molecule is COC1C(OC(C)=O)C(O)C(Oc2ccc3cc(NC(C)=O)c(=O)oc3c2)OC1(C)C. The van der Waals surface area contributed by atoms with Crippen molar-refractivity contribution in [2.75, 3.05) is 12.4 Å². The first-order chi connectivity index (χ1) is 14.5. The molecule has 0 radical (unpaired) electrons. The van der Waals surface area contributed by atoms with E-state index in [1.165, 1.54) is 33.1 Å². The molecule has 2 heterocycles. The second kappa shape index (κ2) is 8.66. The molecular formula is C21H25NO9. The highest BCUT2D eigenvalue weighted by Gasteiger charge is 2.53. The van der Waals surface area contributed by atoms with Crippen molar-refractivity contribution in [2.45, 2.75) is 57.9 Å². The minimum absolute atomic E-state index is 0.0243. The molecule has 1 aromatic carbocycles. The molecule has 10 nitrogen and oxygen atoms in total. The predicted octanol–water partition coefficient (Wildman–Crippen LogP) is 1.57. The Morgan fingerprint density at radius 3 is 2.52 bits per heavy atom. The van der Waals surface area contributed by atoms with Crippen LogP contribution in [0.25, 0.3) is 11.0 Å². The Kier molecular flexibility index (Phi) is 6.35. The van der Waals surface area contributed by atoms with Gasteiger partial charge in [-0.05, 0) is 32.0 Å². The van der Waals surface area contributed by atoms with Gasteiger partial charge in [0.2, 0.25) is 12.2 Å². The van der Waals surface area contributed by atoms with Gasteiger partial charge in [-0.3, -0.25) is 9.59 Å². The fourth-order valence-electron chi connectivity index (χ4n) is 3.58. The van der Waals surface area contributed by atoms with Crippen molar-refractivity contribution in [2.24, 2.45) is 0 Å². The summed E-state index contributed by atoms with van der Waals surface area (Å²) in [7, 11) is 1.43. The van der Waals surface area contributed by atoms with Crippen molar-refractivity contribution in [1.82, 2.24) is 0 Å². The zero-order valence-corrected chi connectivity index (χ0v) is 17.8. The highest BCUT2D eigenvalue weighted by atomic mass is 16.7. The van der Waals surface area contributed by atoms with Crippen LogP contribution in [0.1, 0.15) is 27.7 Å². The summed E-state index contributed by atoms with van der Waals surface area (Å²) < 4.78 is 27.6. The highest BCUT2D eigenvalue weighted by molar-refractivity contribution is 5.91.